The second kappa shape index (κ2) is 22.6. The molecular weight excluding hydrogens is 863 g/mol. The smallest absolute Gasteiger partial charge is 0.338 e. The molecule has 2 aromatic carbocycles. The molecule has 15 nitrogen and oxygen atoms in total. The van der Waals surface area contributed by atoms with E-state index in [9.17, 15) is 24.3 Å². The van der Waals surface area contributed by atoms with E-state index >= 15 is 0 Å². The number of cyclic esters (lactones) is 1. The number of Topliss-reactive ketones (excluding diaryl/α,β-unsaturated/α-hetero) is 1. The molecule has 0 aromatic heterocycles. The molecule has 372 valence electrons. The predicted octanol–water partition coefficient (Wildman–Crippen LogP) is 7.12. The van der Waals surface area contributed by atoms with Crippen molar-refractivity contribution in [3.63, 3.8) is 0 Å². The molecule has 0 amide bonds. The number of carbonyl (C=O) groups is 4. The summed E-state index contributed by atoms with van der Waals surface area (Å²) in [5, 5.41) is 11.8. The van der Waals surface area contributed by atoms with Gasteiger partial charge in [0.1, 0.15) is 17.3 Å². The molecule has 0 radical (unpaired) electrons. The van der Waals surface area contributed by atoms with Gasteiger partial charge in [-0.2, -0.15) is 0 Å². The first-order valence-corrected chi connectivity index (χ1v) is 23.6. The van der Waals surface area contributed by atoms with Crippen LogP contribution in [0.2, 0.25) is 0 Å². The summed E-state index contributed by atoms with van der Waals surface area (Å²) < 4.78 is 58.4. The highest BCUT2D eigenvalue weighted by Crippen LogP contribution is 2.42. The quantitative estimate of drug-likeness (QED) is 0.168. The Kier molecular flexibility index (Phi) is 18.2. The number of ketones is 1. The fourth-order valence-corrected chi connectivity index (χ4v) is 10.1. The molecular formula is C52H75NO14. The highest BCUT2D eigenvalue weighted by atomic mass is 16.7. The molecule has 3 aliphatic heterocycles. The van der Waals surface area contributed by atoms with Crippen LogP contribution >= 0.6 is 0 Å². The van der Waals surface area contributed by atoms with Gasteiger partial charge in [-0.25, -0.2) is 9.59 Å². The van der Waals surface area contributed by atoms with Crippen LogP contribution in [0.4, 0.5) is 0 Å². The second-order valence-corrected chi connectivity index (χ2v) is 19.7. The Hall–Kier alpha value is -4.06. The first-order chi connectivity index (χ1) is 31.5. The van der Waals surface area contributed by atoms with Crippen molar-refractivity contribution in [1.29, 1.82) is 0 Å². The minimum atomic E-state index is -1.70. The molecule has 16 atom stereocenters. The number of carbonyl (C=O) groups excluding carboxylic acids is 4. The predicted molar refractivity (Wildman–Crippen MR) is 249 cm³/mol. The Morgan fingerprint density at radius 2 is 1.33 bits per heavy atom. The molecule has 2 aromatic rings. The van der Waals surface area contributed by atoms with E-state index in [-0.39, 0.29) is 37.2 Å². The van der Waals surface area contributed by atoms with Gasteiger partial charge in [0.25, 0.3) is 0 Å². The number of benzene rings is 2. The SMILES string of the molecule is CC[C@H]1OC(=O)[C@H](C)[C@@H](O[C@H]2C[C@@](C)(OC)[C@@H](OC(=O)c3ccccc3)[C@H](C)O2)[C@H](C)[C@@H](O[C@@H]2O[C@H](C)C[C@H](N(C)C)[C@H]2OC(=O)c2ccccc2)[C@](C)(OC)C[C@@H](C)C(=O)/C(C)=C/[C@]1(C)O. The summed E-state index contributed by atoms with van der Waals surface area (Å²) in [6, 6.07) is 17.0. The maximum Gasteiger partial charge on any atom is 0.338 e. The first kappa shape index (κ1) is 53.9. The van der Waals surface area contributed by atoms with Crippen LogP contribution in [0.5, 0.6) is 0 Å². The highest BCUT2D eigenvalue weighted by Gasteiger charge is 2.54. The van der Waals surface area contributed by atoms with E-state index in [1.165, 1.54) is 27.2 Å². The molecule has 0 spiro atoms. The van der Waals surface area contributed by atoms with E-state index in [1.807, 2.05) is 58.8 Å². The van der Waals surface area contributed by atoms with Crippen molar-refractivity contribution in [2.24, 2.45) is 17.8 Å². The van der Waals surface area contributed by atoms with Gasteiger partial charge in [0.05, 0.1) is 53.1 Å². The number of ether oxygens (including phenoxy) is 9. The summed E-state index contributed by atoms with van der Waals surface area (Å²) in [4.78, 5) is 58.0. The van der Waals surface area contributed by atoms with Gasteiger partial charge in [-0.15, -0.1) is 0 Å². The largest absolute Gasteiger partial charge is 0.459 e. The Morgan fingerprint density at radius 1 is 0.776 bits per heavy atom. The lowest BCUT2D eigenvalue weighted by Crippen LogP contribution is -2.61. The first-order valence-electron chi connectivity index (χ1n) is 23.6. The lowest BCUT2D eigenvalue weighted by Gasteiger charge is -2.50. The van der Waals surface area contributed by atoms with Gasteiger partial charge in [-0.3, -0.25) is 9.59 Å². The van der Waals surface area contributed by atoms with Gasteiger partial charge >= 0.3 is 17.9 Å². The molecule has 5 rings (SSSR count). The summed E-state index contributed by atoms with van der Waals surface area (Å²) in [5.74, 6) is -4.51. The van der Waals surface area contributed by atoms with E-state index in [1.54, 1.807) is 83.1 Å². The van der Waals surface area contributed by atoms with Crippen LogP contribution in [-0.4, -0.2) is 140 Å². The van der Waals surface area contributed by atoms with Crippen molar-refractivity contribution in [3.05, 3.63) is 83.4 Å². The van der Waals surface area contributed by atoms with Gasteiger partial charge in [0, 0.05) is 32.5 Å². The molecule has 0 saturated carbocycles. The fourth-order valence-electron chi connectivity index (χ4n) is 10.1. The van der Waals surface area contributed by atoms with Crippen molar-refractivity contribution in [3.8, 4) is 0 Å². The molecule has 2 saturated heterocycles. The van der Waals surface area contributed by atoms with Crippen molar-refractivity contribution in [2.75, 3.05) is 28.3 Å². The van der Waals surface area contributed by atoms with Crippen molar-refractivity contribution in [2.45, 2.75) is 173 Å². The van der Waals surface area contributed by atoms with E-state index in [2.05, 4.69) is 0 Å². The molecule has 0 aliphatic carbocycles. The fraction of sp³-hybridized carbons (Fsp3) is 0.654. The minimum Gasteiger partial charge on any atom is -0.459 e. The van der Waals surface area contributed by atoms with E-state index < -0.39 is 102 Å². The average Bonchev–Trinajstić information content (AvgIpc) is 3.29. The number of nitrogens with zero attached hydrogens (tertiary/aromatic N) is 1. The van der Waals surface area contributed by atoms with Crippen LogP contribution in [0, 0.1) is 17.8 Å². The zero-order chi connectivity index (χ0) is 49.6. The Labute approximate surface area is 397 Å². The third-order valence-electron chi connectivity index (χ3n) is 14.0. The van der Waals surface area contributed by atoms with Gasteiger partial charge in [0.2, 0.25) is 0 Å². The van der Waals surface area contributed by atoms with E-state index in [0.717, 1.165) is 0 Å². The Bertz CT molecular complexity index is 2010. The second-order valence-electron chi connectivity index (χ2n) is 19.7. The summed E-state index contributed by atoms with van der Waals surface area (Å²) in [6.45, 7) is 17.6. The average molecular weight is 938 g/mol. The maximum atomic E-state index is 14.6. The van der Waals surface area contributed by atoms with E-state index in [0.29, 0.717) is 23.1 Å². The van der Waals surface area contributed by atoms with Crippen LogP contribution in [0.25, 0.3) is 0 Å². The third kappa shape index (κ3) is 12.6. The molecule has 0 bridgehead atoms. The van der Waals surface area contributed by atoms with Crippen molar-refractivity contribution >= 4 is 23.7 Å². The summed E-state index contributed by atoms with van der Waals surface area (Å²) >= 11 is 0. The molecule has 3 aliphatic rings. The van der Waals surface area contributed by atoms with Crippen LogP contribution in [0.1, 0.15) is 116 Å². The number of aliphatic hydroxyl groups is 1. The lowest BCUT2D eigenvalue weighted by molar-refractivity contribution is -0.318. The molecule has 67 heavy (non-hydrogen) atoms. The number of hydrogen-bond donors (Lipinski definition) is 1. The number of allylic oxidation sites excluding steroid dienone is 1. The van der Waals surface area contributed by atoms with Crippen LogP contribution in [-0.2, 0) is 52.2 Å². The monoisotopic (exact) mass is 938 g/mol. The number of likely N-dealkylation sites (N-methyl/N-ethyl adjacent to an activating group) is 1. The van der Waals surface area contributed by atoms with Crippen LogP contribution < -0.4 is 0 Å². The van der Waals surface area contributed by atoms with Crippen molar-refractivity contribution in [1.82, 2.24) is 4.90 Å². The highest BCUT2D eigenvalue weighted by molar-refractivity contribution is 5.96. The van der Waals surface area contributed by atoms with Crippen LogP contribution in [0.3, 0.4) is 0 Å². The van der Waals surface area contributed by atoms with E-state index in [4.69, 9.17) is 42.6 Å². The molecule has 3 heterocycles. The number of esters is 3. The Balaban J connectivity index is 1.62. The maximum absolute atomic E-state index is 14.6. The number of hydrogen-bond acceptors (Lipinski definition) is 15. The van der Waals surface area contributed by atoms with Gasteiger partial charge in [0.15, 0.2) is 30.6 Å². The number of methoxy groups -OCH3 is 2. The number of rotatable bonds is 12. The molecule has 2 fully saturated rings. The zero-order valence-electron chi connectivity index (χ0n) is 41.9. The summed E-state index contributed by atoms with van der Waals surface area (Å²) in [7, 11) is 6.86. The zero-order valence-corrected chi connectivity index (χ0v) is 41.9. The third-order valence-corrected chi connectivity index (χ3v) is 14.0. The van der Waals surface area contributed by atoms with Gasteiger partial charge in [-0.05, 0) is 118 Å². The molecule has 0 unspecified atom stereocenters. The van der Waals surface area contributed by atoms with Crippen LogP contribution in [0.15, 0.2) is 72.3 Å². The van der Waals surface area contributed by atoms with Gasteiger partial charge < -0.3 is 52.6 Å². The molecule has 1 N–H and O–H groups in total. The topological polar surface area (TPSA) is 175 Å². The lowest BCUT2D eigenvalue weighted by atomic mass is 9.76. The minimum absolute atomic E-state index is 0.0752. The summed E-state index contributed by atoms with van der Waals surface area (Å²) in [5.41, 5.74) is -3.10. The van der Waals surface area contributed by atoms with Gasteiger partial charge in [-0.1, -0.05) is 57.2 Å². The molecule has 15 heteroatoms. The van der Waals surface area contributed by atoms with Crippen molar-refractivity contribution < 1.29 is 66.9 Å². The standard InChI is InChI=1S/C52H75NO14/c1-15-39-50(8,58)27-30(2)41(54)31(3)28-51(9,59-13)44(67-49-43(38(53(11)12)26-32(4)61-49)65-47(56)36-22-18-16-19-23-36)33(5)42(34(6)46(55)63-39)64-40-29-52(10,60-14)45(35(7)62-40)66-48(57)37-24-20-17-21-25-37/h16-25,27,31-35,38-40,42-45,49,58H,15,26,28-29H2,1-14H3/b30-27+/t31-,32-,33+,34-,35+,38+,39-,40+,42+,43-,44-,45+,49+,50+,51-,52-/m1/s1. The normalized spacial score (nSPS) is 38.8. The summed E-state index contributed by atoms with van der Waals surface area (Å²) in [6.07, 6.45) is -5.80. The Morgan fingerprint density at radius 3 is 1.87 bits per heavy atom.